The first-order valence-electron chi connectivity index (χ1n) is 5.96. The van der Waals surface area contributed by atoms with E-state index >= 15 is 0 Å². The van der Waals surface area contributed by atoms with Crippen LogP contribution in [0.4, 0.5) is 4.79 Å². The highest BCUT2D eigenvalue weighted by atomic mass is 16.4. The van der Waals surface area contributed by atoms with Crippen molar-refractivity contribution in [1.82, 2.24) is 4.90 Å². The number of carbonyl (C=O) groups is 1. The summed E-state index contributed by atoms with van der Waals surface area (Å²) >= 11 is 0. The molecule has 0 spiro atoms. The van der Waals surface area contributed by atoms with Crippen LogP contribution in [0, 0.1) is 11.3 Å². The number of benzene rings is 1. The first-order valence-corrected chi connectivity index (χ1v) is 5.96. The standard InChI is InChI=1S/C13H15N3O3/c14-5-8-1-2-9-4-11(12(17)6-15)16(13(18)19)7-10(9)3-8/h1-3,11-12,17H,4,6-7,15H2,(H,18,19)/t11-,12+/m0/s1. The summed E-state index contributed by atoms with van der Waals surface area (Å²) in [6.45, 7) is 0.183. The van der Waals surface area contributed by atoms with Crippen LogP contribution in [0.1, 0.15) is 16.7 Å². The summed E-state index contributed by atoms with van der Waals surface area (Å²) in [5, 5.41) is 27.9. The normalized spacial score (nSPS) is 19.4. The zero-order chi connectivity index (χ0) is 14.0. The average Bonchev–Trinajstić information content (AvgIpc) is 2.44. The second kappa shape index (κ2) is 5.26. The van der Waals surface area contributed by atoms with Gasteiger partial charge in [0.15, 0.2) is 0 Å². The molecular weight excluding hydrogens is 246 g/mol. The van der Waals surface area contributed by atoms with Crippen LogP contribution in [-0.4, -0.2) is 39.9 Å². The fourth-order valence-corrected chi connectivity index (χ4v) is 2.39. The van der Waals surface area contributed by atoms with Gasteiger partial charge in [0.25, 0.3) is 0 Å². The maximum Gasteiger partial charge on any atom is 0.407 e. The molecule has 1 amide bonds. The van der Waals surface area contributed by atoms with E-state index in [1.165, 1.54) is 4.90 Å². The predicted molar refractivity (Wildman–Crippen MR) is 67.3 cm³/mol. The van der Waals surface area contributed by atoms with E-state index in [4.69, 9.17) is 11.0 Å². The Kier molecular flexibility index (Phi) is 3.69. The Bertz CT molecular complexity index is 538. The van der Waals surface area contributed by atoms with Crippen LogP contribution >= 0.6 is 0 Å². The van der Waals surface area contributed by atoms with Crippen molar-refractivity contribution in [3.05, 3.63) is 34.9 Å². The molecule has 100 valence electrons. The topological polar surface area (TPSA) is 111 Å². The zero-order valence-corrected chi connectivity index (χ0v) is 10.3. The molecule has 6 heteroatoms. The highest BCUT2D eigenvalue weighted by molar-refractivity contribution is 5.66. The van der Waals surface area contributed by atoms with Crippen molar-refractivity contribution in [3.63, 3.8) is 0 Å². The van der Waals surface area contributed by atoms with Gasteiger partial charge >= 0.3 is 6.09 Å². The molecule has 19 heavy (non-hydrogen) atoms. The van der Waals surface area contributed by atoms with Crippen molar-refractivity contribution >= 4 is 6.09 Å². The Balaban J connectivity index is 2.36. The molecule has 2 rings (SSSR count). The smallest absolute Gasteiger partial charge is 0.407 e. The number of hydrogen-bond donors (Lipinski definition) is 3. The summed E-state index contributed by atoms with van der Waals surface area (Å²) < 4.78 is 0. The summed E-state index contributed by atoms with van der Waals surface area (Å²) in [7, 11) is 0. The molecule has 0 saturated heterocycles. The number of nitrogens with zero attached hydrogens (tertiary/aromatic N) is 2. The second-order valence-corrected chi connectivity index (χ2v) is 4.58. The molecule has 0 aliphatic carbocycles. The van der Waals surface area contributed by atoms with Crippen LogP contribution in [-0.2, 0) is 13.0 Å². The summed E-state index contributed by atoms with van der Waals surface area (Å²) in [4.78, 5) is 12.4. The lowest BCUT2D eigenvalue weighted by atomic mass is 9.90. The molecule has 0 saturated carbocycles. The lowest BCUT2D eigenvalue weighted by Gasteiger charge is -2.37. The molecule has 0 radical (unpaired) electrons. The van der Waals surface area contributed by atoms with Crippen molar-refractivity contribution in [1.29, 1.82) is 5.26 Å². The van der Waals surface area contributed by atoms with E-state index in [1.807, 2.05) is 12.1 Å². The van der Waals surface area contributed by atoms with Gasteiger partial charge in [0.1, 0.15) is 0 Å². The van der Waals surface area contributed by atoms with Gasteiger partial charge < -0.3 is 15.9 Å². The van der Waals surface area contributed by atoms with Crippen LogP contribution in [0.2, 0.25) is 0 Å². The first kappa shape index (κ1) is 13.3. The molecule has 2 atom stereocenters. The minimum atomic E-state index is -1.09. The first-order chi connectivity index (χ1) is 9.06. The van der Waals surface area contributed by atoms with Gasteiger partial charge in [0, 0.05) is 13.1 Å². The average molecular weight is 261 g/mol. The van der Waals surface area contributed by atoms with Crippen molar-refractivity contribution in [3.8, 4) is 6.07 Å². The Morgan fingerprint density at radius 2 is 2.32 bits per heavy atom. The number of rotatable bonds is 2. The van der Waals surface area contributed by atoms with E-state index in [1.54, 1.807) is 12.1 Å². The van der Waals surface area contributed by atoms with E-state index < -0.39 is 18.2 Å². The molecule has 6 nitrogen and oxygen atoms in total. The van der Waals surface area contributed by atoms with Crippen LogP contribution < -0.4 is 5.73 Å². The van der Waals surface area contributed by atoms with Crippen molar-refractivity contribution in [2.75, 3.05) is 6.54 Å². The minimum absolute atomic E-state index is 0.0139. The van der Waals surface area contributed by atoms with E-state index in [9.17, 15) is 15.0 Å². The van der Waals surface area contributed by atoms with Crippen molar-refractivity contribution in [2.45, 2.75) is 25.1 Å². The van der Waals surface area contributed by atoms with Crippen LogP contribution in [0.3, 0.4) is 0 Å². The molecule has 1 aromatic carbocycles. The van der Waals surface area contributed by atoms with Gasteiger partial charge in [-0.3, -0.25) is 4.90 Å². The number of nitriles is 1. The third-order valence-electron chi connectivity index (χ3n) is 3.44. The van der Waals surface area contributed by atoms with Crippen LogP contribution in [0.15, 0.2) is 18.2 Å². The Morgan fingerprint density at radius 3 is 2.89 bits per heavy atom. The largest absolute Gasteiger partial charge is 0.465 e. The van der Waals surface area contributed by atoms with E-state index in [-0.39, 0.29) is 13.1 Å². The molecule has 1 aliphatic rings. The Morgan fingerprint density at radius 1 is 1.58 bits per heavy atom. The quantitative estimate of drug-likeness (QED) is 0.708. The maximum atomic E-state index is 11.3. The minimum Gasteiger partial charge on any atom is -0.465 e. The number of fused-ring (bicyclic) bond motifs is 1. The molecule has 0 fully saturated rings. The lowest BCUT2D eigenvalue weighted by Crippen LogP contribution is -2.52. The Labute approximate surface area is 110 Å². The van der Waals surface area contributed by atoms with E-state index in [0.29, 0.717) is 12.0 Å². The number of nitrogens with two attached hydrogens (primary N) is 1. The summed E-state index contributed by atoms with van der Waals surface area (Å²) in [6, 6.07) is 6.69. The fraction of sp³-hybridized carbons (Fsp3) is 0.385. The molecular formula is C13H15N3O3. The molecule has 0 unspecified atom stereocenters. The van der Waals surface area contributed by atoms with Gasteiger partial charge in [-0.05, 0) is 29.7 Å². The fourth-order valence-electron chi connectivity index (χ4n) is 2.39. The third kappa shape index (κ3) is 2.52. The number of carboxylic acid groups (broad SMARTS) is 1. The highest BCUT2D eigenvalue weighted by Crippen LogP contribution is 2.26. The van der Waals surface area contributed by atoms with Crippen molar-refractivity contribution in [2.24, 2.45) is 5.73 Å². The van der Waals surface area contributed by atoms with Gasteiger partial charge in [-0.15, -0.1) is 0 Å². The predicted octanol–water partition coefficient (Wildman–Crippen LogP) is 0.283. The molecule has 1 heterocycles. The molecule has 0 aromatic heterocycles. The summed E-state index contributed by atoms with van der Waals surface area (Å²) in [5.41, 5.74) is 7.68. The van der Waals surface area contributed by atoms with Gasteiger partial charge in [0.2, 0.25) is 0 Å². The summed E-state index contributed by atoms with van der Waals surface area (Å²) in [5.74, 6) is 0. The second-order valence-electron chi connectivity index (χ2n) is 4.58. The lowest BCUT2D eigenvalue weighted by molar-refractivity contribution is 0.0431. The van der Waals surface area contributed by atoms with Gasteiger partial charge in [0.05, 0.1) is 23.8 Å². The molecule has 0 bridgehead atoms. The zero-order valence-electron chi connectivity index (χ0n) is 10.3. The Hall–Kier alpha value is -2.10. The van der Waals surface area contributed by atoms with Crippen molar-refractivity contribution < 1.29 is 15.0 Å². The van der Waals surface area contributed by atoms with Gasteiger partial charge in [-0.25, -0.2) is 4.79 Å². The highest BCUT2D eigenvalue weighted by Gasteiger charge is 2.33. The van der Waals surface area contributed by atoms with Crippen LogP contribution in [0.5, 0.6) is 0 Å². The van der Waals surface area contributed by atoms with Gasteiger partial charge in [-0.1, -0.05) is 6.07 Å². The SMILES string of the molecule is N#Cc1ccc2c(c1)CN(C(=O)O)[C@H]([C@H](O)CN)C2. The maximum absolute atomic E-state index is 11.3. The molecule has 1 aromatic rings. The molecule has 1 aliphatic heterocycles. The third-order valence-corrected chi connectivity index (χ3v) is 3.44. The van der Waals surface area contributed by atoms with Crippen LogP contribution in [0.25, 0.3) is 0 Å². The van der Waals surface area contributed by atoms with E-state index in [2.05, 4.69) is 0 Å². The monoisotopic (exact) mass is 261 g/mol. The van der Waals surface area contributed by atoms with E-state index in [0.717, 1.165) is 11.1 Å². The summed E-state index contributed by atoms with van der Waals surface area (Å²) in [6.07, 6.45) is -1.57. The van der Waals surface area contributed by atoms with Gasteiger partial charge in [-0.2, -0.15) is 5.26 Å². The number of aliphatic hydroxyl groups excluding tert-OH is 1. The number of hydrogen-bond acceptors (Lipinski definition) is 4. The number of aliphatic hydroxyl groups is 1. The molecule has 4 N–H and O–H groups in total. The number of amides is 1.